The third-order valence-corrected chi connectivity index (χ3v) is 4.52. The Balaban J connectivity index is 1.91. The third-order valence-electron chi connectivity index (χ3n) is 4.29. The Hall–Kier alpha value is -2.17. The fraction of sp³-hybridized carbons (Fsp3) is 0.263. The highest BCUT2D eigenvalue weighted by molar-refractivity contribution is 6.30. The molecule has 0 aromatic heterocycles. The summed E-state index contributed by atoms with van der Waals surface area (Å²) in [6, 6.07) is 15.3. The van der Waals surface area contributed by atoms with E-state index in [0.717, 1.165) is 22.7 Å². The zero-order chi connectivity index (χ0) is 16.5. The van der Waals surface area contributed by atoms with E-state index in [4.69, 9.17) is 11.6 Å². The molecular weight excluding hydrogens is 322 g/mol. The van der Waals surface area contributed by atoms with E-state index in [1.165, 1.54) is 17.9 Å². The molecule has 2 aromatic carbocycles. The SMILES string of the molecule is ON1CC(=NCC2CC2)N=c2ccc(Cl)cc2=C1c1ccccc1. The van der Waals surface area contributed by atoms with Crippen LogP contribution >= 0.6 is 11.6 Å². The van der Waals surface area contributed by atoms with Gasteiger partial charge in [-0.3, -0.25) is 10.2 Å². The van der Waals surface area contributed by atoms with E-state index >= 15 is 0 Å². The predicted molar refractivity (Wildman–Crippen MR) is 94.7 cm³/mol. The molecule has 2 aliphatic rings. The van der Waals surface area contributed by atoms with Gasteiger partial charge in [0, 0.05) is 22.3 Å². The van der Waals surface area contributed by atoms with Crippen molar-refractivity contribution in [1.29, 1.82) is 0 Å². The van der Waals surface area contributed by atoms with Gasteiger partial charge in [-0.05, 0) is 37.0 Å². The first-order valence-electron chi connectivity index (χ1n) is 8.14. The minimum Gasteiger partial charge on any atom is -0.288 e. The molecule has 2 aromatic rings. The minimum atomic E-state index is 0.267. The summed E-state index contributed by atoms with van der Waals surface area (Å²) < 4.78 is 0. The molecule has 1 aliphatic heterocycles. The van der Waals surface area contributed by atoms with Crippen molar-refractivity contribution in [2.45, 2.75) is 12.8 Å². The van der Waals surface area contributed by atoms with Crippen LogP contribution in [0.2, 0.25) is 5.02 Å². The second-order valence-electron chi connectivity index (χ2n) is 6.25. The quantitative estimate of drug-likeness (QED) is 0.934. The maximum atomic E-state index is 10.7. The summed E-state index contributed by atoms with van der Waals surface area (Å²) in [5.41, 5.74) is 1.62. The maximum absolute atomic E-state index is 10.7. The predicted octanol–water partition coefficient (Wildman–Crippen LogP) is 2.63. The number of hydrogen-bond donors (Lipinski definition) is 1. The number of hydrogen-bond acceptors (Lipinski definition) is 3. The van der Waals surface area contributed by atoms with Crippen molar-refractivity contribution in [2.24, 2.45) is 15.9 Å². The van der Waals surface area contributed by atoms with Crippen LogP contribution in [0.3, 0.4) is 0 Å². The van der Waals surface area contributed by atoms with E-state index in [1.54, 1.807) is 0 Å². The van der Waals surface area contributed by atoms with Gasteiger partial charge in [-0.25, -0.2) is 10.1 Å². The molecule has 0 radical (unpaired) electrons. The summed E-state index contributed by atoms with van der Waals surface area (Å²) in [5.74, 6) is 1.34. The molecule has 4 rings (SSSR count). The lowest BCUT2D eigenvalue weighted by Crippen LogP contribution is -2.31. The van der Waals surface area contributed by atoms with Crippen LogP contribution in [0.25, 0.3) is 5.70 Å². The number of fused-ring (bicyclic) bond motifs is 1. The molecule has 0 bridgehead atoms. The normalized spacial score (nSPS) is 19.0. The number of nitrogens with zero attached hydrogens (tertiary/aromatic N) is 3. The Bertz CT molecular complexity index is 904. The molecule has 0 amide bonds. The summed E-state index contributed by atoms with van der Waals surface area (Å²) in [6.45, 7) is 1.06. The van der Waals surface area contributed by atoms with Gasteiger partial charge in [0.25, 0.3) is 0 Å². The van der Waals surface area contributed by atoms with Gasteiger partial charge in [-0.1, -0.05) is 41.9 Å². The van der Waals surface area contributed by atoms with E-state index in [-0.39, 0.29) is 6.54 Å². The van der Waals surface area contributed by atoms with Gasteiger partial charge in [0.1, 0.15) is 12.4 Å². The van der Waals surface area contributed by atoms with Gasteiger partial charge in [-0.2, -0.15) is 0 Å². The van der Waals surface area contributed by atoms with Crippen molar-refractivity contribution in [2.75, 3.05) is 13.1 Å². The summed E-state index contributed by atoms with van der Waals surface area (Å²) in [5, 5.41) is 14.1. The molecule has 0 spiro atoms. The fourth-order valence-corrected chi connectivity index (χ4v) is 3.01. The monoisotopic (exact) mass is 339 g/mol. The summed E-state index contributed by atoms with van der Waals surface area (Å²) in [7, 11) is 0. The topological polar surface area (TPSA) is 48.2 Å². The number of halogens is 1. The van der Waals surface area contributed by atoms with Gasteiger partial charge in [0.2, 0.25) is 0 Å². The lowest BCUT2D eigenvalue weighted by atomic mass is 10.1. The molecule has 0 atom stereocenters. The number of rotatable bonds is 3. The maximum Gasteiger partial charge on any atom is 0.146 e. The second kappa shape index (κ2) is 6.38. The van der Waals surface area contributed by atoms with Gasteiger partial charge in [0.15, 0.2) is 0 Å². The standard InChI is InChI=1S/C19H18ClN3O/c20-15-8-9-17-16(10-15)19(14-4-2-1-3-5-14)23(24)12-18(22-17)21-11-13-6-7-13/h1-5,8-10,13,24H,6-7,11-12H2. The van der Waals surface area contributed by atoms with Crippen molar-refractivity contribution < 1.29 is 5.21 Å². The van der Waals surface area contributed by atoms with Crippen LogP contribution in [-0.4, -0.2) is 29.2 Å². The summed E-state index contributed by atoms with van der Waals surface area (Å²) in [4.78, 5) is 9.28. The molecule has 5 heteroatoms. The fourth-order valence-electron chi connectivity index (χ4n) is 2.84. The molecule has 122 valence electrons. The summed E-state index contributed by atoms with van der Waals surface area (Å²) >= 11 is 6.19. The van der Waals surface area contributed by atoms with E-state index in [9.17, 15) is 5.21 Å². The van der Waals surface area contributed by atoms with Gasteiger partial charge >= 0.3 is 0 Å². The van der Waals surface area contributed by atoms with Crippen LogP contribution in [-0.2, 0) is 0 Å². The number of hydroxylamine groups is 2. The number of amidine groups is 1. The molecule has 4 nitrogen and oxygen atoms in total. The van der Waals surface area contributed by atoms with Crippen LogP contribution in [0.4, 0.5) is 0 Å². The van der Waals surface area contributed by atoms with Gasteiger partial charge in [-0.15, -0.1) is 0 Å². The van der Waals surface area contributed by atoms with Crippen LogP contribution in [0.5, 0.6) is 0 Å². The molecule has 1 N–H and O–H groups in total. The highest BCUT2D eigenvalue weighted by atomic mass is 35.5. The van der Waals surface area contributed by atoms with E-state index in [2.05, 4.69) is 9.98 Å². The zero-order valence-electron chi connectivity index (χ0n) is 13.2. The highest BCUT2D eigenvalue weighted by Crippen LogP contribution is 2.29. The Morgan fingerprint density at radius 1 is 1.17 bits per heavy atom. The molecule has 1 aliphatic carbocycles. The molecular formula is C19H18ClN3O. The molecule has 1 heterocycles. The Labute approximate surface area is 145 Å². The first-order chi connectivity index (χ1) is 11.7. The Morgan fingerprint density at radius 2 is 1.96 bits per heavy atom. The lowest BCUT2D eigenvalue weighted by molar-refractivity contribution is -0.0120. The molecule has 1 saturated carbocycles. The Morgan fingerprint density at radius 3 is 2.71 bits per heavy atom. The van der Waals surface area contributed by atoms with Crippen molar-refractivity contribution in [3.8, 4) is 0 Å². The number of benzene rings is 2. The summed E-state index contributed by atoms with van der Waals surface area (Å²) in [6.07, 6.45) is 2.49. The van der Waals surface area contributed by atoms with Crippen molar-refractivity contribution >= 4 is 23.1 Å². The van der Waals surface area contributed by atoms with Crippen LogP contribution in [0.15, 0.2) is 58.5 Å². The smallest absolute Gasteiger partial charge is 0.146 e. The molecule has 24 heavy (non-hydrogen) atoms. The molecule has 0 unspecified atom stereocenters. The van der Waals surface area contributed by atoms with Crippen LogP contribution in [0.1, 0.15) is 18.4 Å². The van der Waals surface area contributed by atoms with Crippen LogP contribution in [0, 0.1) is 5.92 Å². The van der Waals surface area contributed by atoms with E-state index in [1.807, 2.05) is 48.5 Å². The third kappa shape index (κ3) is 3.21. The van der Waals surface area contributed by atoms with Gasteiger partial charge < -0.3 is 0 Å². The zero-order valence-corrected chi connectivity index (χ0v) is 13.9. The van der Waals surface area contributed by atoms with E-state index in [0.29, 0.717) is 22.5 Å². The molecule has 0 saturated heterocycles. The lowest BCUT2D eigenvalue weighted by Gasteiger charge is -2.19. The van der Waals surface area contributed by atoms with Gasteiger partial charge in [0.05, 0.1) is 11.1 Å². The largest absolute Gasteiger partial charge is 0.288 e. The van der Waals surface area contributed by atoms with Crippen molar-refractivity contribution in [1.82, 2.24) is 5.06 Å². The first-order valence-corrected chi connectivity index (χ1v) is 8.52. The average Bonchev–Trinajstić information content (AvgIpc) is 3.40. The van der Waals surface area contributed by atoms with E-state index < -0.39 is 0 Å². The average molecular weight is 340 g/mol. The number of aliphatic imine (C=N–C) groups is 1. The second-order valence-corrected chi connectivity index (χ2v) is 6.68. The Kier molecular flexibility index (Phi) is 4.08. The minimum absolute atomic E-state index is 0.267. The van der Waals surface area contributed by atoms with Crippen molar-refractivity contribution in [3.63, 3.8) is 0 Å². The first kappa shape index (κ1) is 15.4. The van der Waals surface area contributed by atoms with Crippen molar-refractivity contribution in [3.05, 3.63) is 69.7 Å². The highest BCUT2D eigenvalue weighted by Gasteiger charge is 2.22. The molecule has 1 fully saturated rings. The van der Waals surface area contributed by atoms with Crippen LogP contribution < -0.4 is 10.6 Å².